The number of aliphatic hydroxyl groups excluding tert-OH is 1. The SMILES string of the molecule is CC1OCCC1C(O)Cc1cc(F)ccc1F. The van der Waals surface area contributed by atoms with Crippen molar-refractivity contribution in [2.45, 2.75) is 32.0 Å². The van der Waals surface area contributed by atoms with Crippen molar-refractivity contribution in [3.63, 3.8) is 0 Å². The van der Waals surface area contributed by atoms with E-state index < -0.39 is 17.7 Å². The molecule has 0 spiro atoms. The molecule has 1 aliphatic heterocycles. The van der Waals surface area contributed by atoms with Crippen molar-refractivity contribution in [1.29, 1.82) is 0 Å². The van der Waals surface area contributed by atoms with Gasteiger partial charge in [0.05, 0.1) is 12.2 Å². The Kier molecular flexibility index (Phi) is 3.74. The highest BCUT2D eigenvalue weighted by Gasteiger charge is 2.31. The van der Waals surface area contributed by atoms with E-state index in [1.54, 1.807) is 0 Å². The van der Waals surface area contributed by atoms with Crippen molar-refractivity contribution in [3.05, 3.63) is 35.4 Å². The first kappa shape index (κ1) is 12.5. The molecule has 17 heavy (non-hydrogen) atoms. The molecule has 3 unspecified atom stereocenters. The molecule has 0 amide bonds. The van der Waals surface area contributed by atoms with Crippen LogP contribution in [0, 0.1) is 17.6 Å². The van der Waals surface area contributed by atoms with Crippen LogP contribution in [0.3, 0.4) is 0 Å². The number of hydrogen-bond acceptors (Lipinski definition) is 2. The van der Waals surface area contributed by atoms with E-state index in [-0.39, 0.29) is 24.0 Å². The van der Waals surface area contributed by atoms with Crippen LogP contribution in [-0.4, -0.2) is 23.9 Å². The van der Waals surface area contributed by atoms with E-state index in [0.717, 1.165) is 24.6 Å². The molecule has 94 valence electrons. The maximum atomic E-state index is 13.4. The zero-order valence-corrected chi connectivity index (χ0v) is 9.70. The summed E-state index contributed by atoms with van der Waals surface area (Å²) in [5, 5.41) is 10.0. The van der Waals surface area contributed by atoms with Crippen LogP contribution in [0.1, 0.15) is 18.9 Å². The summed E-state index contributed by atoms with van der Waals surface area (Å²) in [5.41, 5.74) is 0.219. The summed E-state index contributed by atoms with van der Waals surface area (Å²) >= 11 is 0. The van der Waals surface area contributed by atoms with Crippen LogP contribution in [0.25, 0.3) is 0 Å². The highest BCUT2D eigenvalue weighted by atomic mass is 19.1. The summed E-state index contributed by atoms with van der Waals surface area (Å²) in [4.78, 5) is 0. The van der Waals surface area contributed by atoms with Crippen molar-refractivity contribution >= 4 is 0 Å². The van der Waals surface area contributed by atoms with E-state index in [4.69, 9.17) is 4.74 Å². The van der Waals surface area contributed by atoms with E-state index >= 15 is 0 Å². The fourth-order valence-electron chi connectivity index (χ4n) is 2.33. The number of rotatable bonds is 3. The molecule has 1 N–H and O–H groups in total. The molecule has 2 nitrogen and oxygen atoms in total. The molecule has 0 aliphatic carbocycles. The van der Waals surface area contributed by atoms with Crippen LogP contribution in [-0.2, 0) is 11.2 Å². The molecule has 1 heterocycles. The Hall–Kier alpha value is -1.00. The quantitative estimate of drug-likeness (QED) is 0.881. The van der Waals surface area contributed by atoms with Crippen LogP contribution in [0.2, 0.25) is 0 Å². The van der Waals surface area contributed by atoms with Crippen LogP contribution in [0.15, 0.2) is 18.2 Å². The summed E-state index contributed by atoms with van der Waals surface area (Å²) in [6.07, 6.45) is 0.173. The number of hydrogen-bond donors (Lipinski definition) is 1. The molecule has 0 radical (unpaired) electrons. The van der Waals surface area contributed by atoms with Gasteiger partial charge >= 0.3 is 0 Å². The van der Waals surface area contributed by atoms with E-state index in [2.05, 4.69) is 0 Å². The predicted octanol–water partition coefficient (Wildman–Crippen LogP) is 2.29. The monoisotopic (exact) mass is 242 g/mol. The third-order valence-corrected chi connectivity index (χ3v) is 3.37. The van der Waals surface area contributed by atoms with Gasteiger partial charge in [-0.1, -0.05) is 0 Å². The molecule has 1 aromatic rings. The van der Waals surface area contributed by atoms with Gasteiger partial charge in [-0.2, -0.15) is 0 Å². The molecule has 0 saturated carbocycles. The number of halogens is 2. The van der Waals surface area contributed by atoms with Crippen molar-refractivity contribution < 1.29 is 18.6 Å². The van der Waals surface area contributed by atoms with Gasteiger partial charge in [-0.05, 0) is 37.1 Å². The molecule has 1 aromatic carbocycles. The number of benzene rings is 1. The highest BCUT2D eigenvalue weighted by molar-refractivity contribution is 5.19. The summed E-state index contributed by atoms with van der Waals surface area (Å²) < 4.78 is 31.7. The van der Waals surface area contributed by atoms with E-state index in [1.807, 2.05) is 6.92 Å². The minimum Gasteiger partial charge on any atom is -0.392 e. The van der Waals surface area contributed by atoms with Gasteiger partial charge in [-0.3, -0.25) is 0 Å². The third kappa shape index (κ3) is 2.82. The van der Waals surface area contributed by atoms with Crippen LogP contribution in [0.5, 0.6) is 0 Å². The van der Waals surface area contributed by atoms with Gasteiger partial charge in [0.15, 0.2) is 0 Å². The Morgan fingerprint density at radius 1 is 1.47 bits per heavy atom. The van der Waals surface area contributed by atoms with Gasteiger partial charge in [0.25, 0.3) is 0 Å². The normalized spacial score (nSPS) is 26.1. The molecule has 0 aromatic heterocycles. The number of ether oxygens (including phenoxy) is 1. The topological polar surface area (TPSA) is 29.5 Å². The van der Waals surface area contributed by atoms with Crippen LogP contribution in [0.4, 0.5) is 8.78 Å². The first-order valence-electron chi connectivity index (χ1n) is 5.81. The fourth-order valence-corrected chi connectivity index (χ4v) is 2.33. The zero-order valence-electron chi connectivity index (χ0n) is 9.70. The minimum atomic E-state index is -0.691. The van der Waals surface area contributed by atoms with Crippen molar-refractivity contribution in [2.75, 3.05) is 6.61 Å². The Balaban J connectivity index is 2.07. The summed E-state index contributed by atoms with van der Waals surface area (Å²) in [6, 6.07) is 3.30. The molecule has 1 saturated heterocycles. The maximum Gasteiger partial charge on any atom is 0.126 e. The standard InChI is InChI=1S/C13H16F2O2/c1-8-11(4-5-17-8)13(16)7-9-6-10(14)2-3-12(9)15/h2-3,6,8,11,13,16H,4-5,7H2,1H3. The van der Waals surface area contributed by atoms with E-state index in [0.29, 0.717) is 6.61 Å². The van der Waals surface area contributed by atoms with E-state index in [1.165, 1.54) is 0 Å². The molecule has 4 heteroatoms. The van der Waals surface area contributed by atoms with Gasteiger partial charge in [0.2, 0.25) is 0 Å². The molecule has 2 rings (SSSR count). The van der Waals surface area contributed by atoms with Crippen LogP contribution < -0.4 is 0 Å². The van der Waals surface area contributed by atoms with Gasteiger partial charge < -0.3 is 9.84 Å². The summed E-state index contributed by atoms with van der Waals surface area (Å²) in [7, 11) is 0. The molecular weight excluding hydrogens is 226 g/mol. The molecule has 0 bridgehead atoms. The second kappa shape index (κ2) is 5.10. The van der Waals surface area contributed by atoms with Crippen molar-refractivity contribution in [1.82, 2.24) is 0 Å². The number of aliphatic hydroxyl groups is 1. The lowest BCUT2D eigenvalue weighted by Crippen LogP contribution is -2.28. The average molecular weight is 242 g/mol. The van der Waals surface area contributed by atoms with Crippen molar-refractivity contribution in [2.24, 2.45) is 5.92 Å². The second-order valence-corrected chi connectivity index (χ2v) is 4.54. The second-order valence-electron chi connectivity index (χ2n) is 4.54. The highest BCUT2D eigenvalue weighted by Crippen LogP contribution is 2.26. The lowest BCUT2D eigenvalue weighted by Gasteiger charge is -2.21. The average Bonchev–Trinajstić information content (AvgIpc) is 2.70. The third-order valence-electron chi connectivity index (χ3n) is 3.37. The lowest BCUT2D eigenvalue weighted by molar-refractivity contribution is 0.0436. The predicted molar refractivity (Wildman–Crippen MR) is 59.6 cm³/mol. The molecule has 1 aliphatic rings. The Bertz CT molecular complexity index is 395. The Morgan fingerprint density at radius 3 is 2.88 bits per heavy atom. The Labute approximate surface area is 99.2 Å². The summed E-state index contributed by atoms with van der Waals surface area (Å²) in [5.74, 6) is -0.959. The first-order chi connectivity index (χ1) is 8.08. The minimum absolute atomic E-state index is 0.00216. The Morgan fingerprint density at radius 2 is 2.24 bits per heavy atom. The zero-order chi connectivity index (χ0) is 12.4. The van der Waals surface area contributed by atoms with Gasteiger partial charge in [-0.15, -0.1) is 0 Å². The van der Waals surface area contributed by atoms with Gasteiger partial charge in [-0.25, -0.2) is 8.78 Å². The van der Waals surface area contributed by atoms with Crippen molar-refractivity contribution in [3.8, 4) is 0 Å². The lowest BCUT2D eigenvalue weighted by atomic mass is 9.91. The first-order valence-corrected chi connectivity index (χ1v) is 5.81. The fraction of sp³-hybridized carbons (Fsp3) is 0.538. The van der Waals surface area contributed by atoms with Crippen LogP contribution >= 0.6 is 0 Å². The maximum absolute atomic E-state index is 13.4. The largest absolute Gasteiger partial charge is 0.392 e. The summed E-state index contributed by atoms with van der Waals surface area (Å²) in [6.45, 7) is 2.51. The molecular formula is C13H16F2O2. The smallest absolute Gasteiger partial charge is 0.126 e. The van der Waals surface area contributed by atoms with E-state index in [9.17, 15) is 13.9 Å². The van der Waals surface area contributed by atoms with Gasteiger partial charge in [0, 0.05) is 18.9 Å². The molecule has 1 fully saturated rings. The molecule has 3 atom stereocenters. The van der Waals surface area contributed by atoms with Gasteiger partial charge in [0.1, 0.15) is 11.6 Å².